The Bertz CT molecular complexity index is 828. The quantitative estimate of drug-likeness (QED) is 0.893. The number of hydrogen-bond acceptors (Lipinski definition) is 3. The molecular weight excluding hydrogens is 316 g/mol. The van der Waals surface area contributed by atoms with Crippen molar-refractivity contribution in [3.8, 4) is 11.5 Å². The normalized spacial score (nSPS) is 16.9. The van der Waals surface area contributed by atoms with Gasteiger partial charge in [0.15, 0.2) is 11.5 Å². The number of fused-ring (bicyclic) bond motifs is 1. The summed E-state index contributed by atoms with van der Waals surface area (Å²) in [6.07, 6.45) is 1.85. The third-order valence-electron chi connectivity index (χ3n) is 4.84. The third kappa shape index (κ3) is 3.14. The molecule has 5 heteroatoms. The summed E-state index contributed by atoms with van der Waals surface area (Å²) in [6, 6.07) is 11.8. The van der Waals surface area contributed by atoms with E-state index in [1.807, 2.05) is 50.2 Å². The fourth-order valence-corrected chi connectivity index (χ4v) is 3.19. The van der Waals surface area contributed by atoms with E-state index in [-0.39, 0.29) is 11.6 Å². The van der Waals surface area contributed by atoms with E-state index in [0.717, 1.165) is 46.7 Å². The van der Waals surface area contributed by atoms with Crippen molar-refractivity contribution in [2.75, 3.05) is 18.5 Å². The lowest BCUT2D eigenvalue weighted by Gasteiger charge is -2.23. The summed E-state index contributed by atoms with van der Waals surface area (Å²) < 4.78 is 11.2. The number of amides is 2. The lowest BCUT2D eigenvalue weighted by molar-refractivity contribution is 0.171. The number of ether oxygens (including phenoxy) is 2. The van der Waals surface area contributed by atoms with Crippen LogP contribution in [0.15, 0.2) is 36.4 Å². The molecule has 4 rings (SSSR count). The Balaban J connectivity index is 1.50. The molecule has 2 aliphatic rings. The Morgan fingerprint density at radius 2 is 1.76 bits per heavy atom. The van der Waals surface area contributed by atoms with Crippen molar-refractivity contribution in [3.05, 3.63) is 53.1 Å². The predicted octanol–water partition coefficient (Wildman–Crippen LogP) is 3.89. The Morgan fingerprint density at radius 3 is 2.52 bits per heavy atom. The zero-order valence-corrected chi connectivity index (χ0v) is 14.5. The second-order valence-corrected chi connectivity index (χ2v) is 6.84. The summed E-state index contributed by atoms with van der Waals surface area (Å²) in [6.45, 7) is 5.14. The smallest absolute Gasteiger partial charge is 0.319 e. The molecule has 2 aromatic rings. The van der Waals surface area contributed by atoms with E-state index < -0.39 is 0 Å². The zero-order chi connectivity index (χ0) is 17.4. The van der Waals surface area contributed by atoms with Gasteiger partial charge in [0.1, 0.15) is 13.2 Å². The number of benzene rings is 2. The lowest BCUT2D eigenvalue weighted by atomic mass is 10.0. The summed E-state index contributed by atoms with van der Waals surface area (Å²) in [5, 5.41) is 6.11. The highest BCUT2D eigenvalue weighted by molar-refractivity contribution is 5.91. The average molecular weight is 338 g/mol. The van der Waals surface area contributed by atoms with Crippen molar-refractivity contribution in [3.63, 3.8) is 0 Å². The van der Waals surface area contributed by atoms with Gasteiger partial charge in [-0.15, -0.1) is 0 Å². The van der Waals surface area contributed by atoms with Crippen LogP contribution < -0.4 is 20.1 Å². The maximum Gasteiger partial charge on any atom is 0.319 e. The second kappa shape index (κ2) is 5.99. The summed E-state index contributed by atoms with van der Waals surface area (Å²) in [5.74, 6) is 1.53. The fraction of sp³-hybridized carbons (Fsp3) is 0.350. The number of aryl methyl sites for hydroxylation is 2. The molecule has 0 aromatic heterocycles. The third-order valence-corrected chi connectivity index (χ3v) is 4.84. The van der Waals surface area contributed by atoms with E-state index in [9.17, 15) is 4.79 Å². The van der Waals surface area contributed by atoms with Crippen LogP contribution in [0.2, 0.25) is 0 Å². The number of nitrogens with one attached hydrogen (secondary N) is 2. The van der Waals surface area contributed by atoms with E-state index in [1.54, 1.807) is 0 Å². The second-order valence-electron chi connectivity index (χ2n) is 6.84. The first-order valence-corrected chi connectivity index (χ1v) is 8.62. The van der Waals surface area contributed by atoms with Crippen molar-refractivity contribution in [1.29, 1.82) is 0 Å². The maximum atomic E-state index is 12.5. The van der Waals surface area contributed by atoms with Crippen molar-refractivity contribution in [2.24, 2.45) is 0 Å². The number of rotatable bonds is 3. The fourth-order valence-electron chi connectivity index (χ4n) is 3.19. The highest BCUT2D eigenvalue weighted by Crippen LogP contribution is 2.47. The molecule has 1 aliphatic carbocycles. The lowest BCUT2D eigenvalue weighted by Crippen LogP contribution is -2.38. The zero-order valence-electron chi connectivity index (χ0n) is 14.5. The Labute approximate surface area is 147 Å². The van der Waals surface area contributed by atoms with Crippen LogP contribution in [-0.4, -0.2) is 19.2 Å². The van der Waals surface area contributed by atoms with E-state index in [1.165, 1.54) is 0 Å². The minimum atomic E-state index is -0.308. The van der Waals surface area contributed by atoms with Crippen LogP contribution in [0.4, 0.5) is 10.5 Å². The number of carbonyl (C=O) groups excluding carboxylic acids is 1. The van der Waals surface area contributed by atoms with E-state index in [2.05, 4.69) is 10.6 Å². The topological polar surface area (TPSA) is 59.6 Å². The first-order valence-electron chi connectivity index (χ1n) is 8.62. The van der Waals surface area contributed by atoms with Crippen LogP contribution in [-0.2, 0) is 5.54 Å². The molecule has 1 heterocycles. The highest BCUT2D eigenvalue weighted by atomic mass is 16.6. The minimum absolute atomic E-state index is 0.180. The highest BCUT2D eigenvalue weighted by Gasteiger charge is 2.46. The summed E-state index contributed by atoms with van der Waals surface area (Å²) >= 11 is 0. The van der Waals surface area contributed by atoms with Gasteiger partial charge >= 0.3 is 6.03 Å². The molecular formula is C20H22N2O3. The van der Waals surface area contributed by atoms with Gasteiger partial charge in [0.05, 0.1) is 5.54 Å². The van der Waals surface area contributed by atoms with Crippen LogP contribution in [0.25, 0.3) is 0 Å². The molecule has 2 N–H and O–H groups in total. The number of anilines is 1. The Kier molecular flexibility index (Phi) is 3.79. The molecule has 130 valence electrons. The monoisotopic (exact) mass is 338 g/mol. The summed E-state index contributed by atoms with van der Waals surface area (Å²) in [5.41, 5.74) is 3.76. The van der Waals surface area contributed by atoms with Crippen molar-refractivity contribution in [2.45, 2.75) is 32.2 Å². The molecule has 0 unspecified atom stereocenters. The molecule has 2 amide bonds. The molecule has 5 nitrogen and oxygen atoms in total. The number of urea groups is 1. The first-order chi connectivity index (χ1) is 12.1. The number of carbonyl (C=O) groups is 1. The van der Waals surface area contributed by atoms with Crippen molar-refractivity contribution < 1.29 is 14.3 Å². The maximum absolute atomic E-state index is 12.5. The molecule has 0 spiro atoms. The van der Waals surface area contributed by atoms with Crippen LogP contribution >= 0.6 is 0 Å². The van der Waals surface area contributed by atoms with Gasteiger partial charge < -0.3 is 20.1 Å². The van der Waals surface area contributed by atoms with Gasteiger partial charge in [-0.1, -0.05) is 18.2 Å². The molecule has 0 saturated heterocycles. The number of hydrogen-bond donors (Lipinski definition) is 2. The molecule has 0 bridgehead atoms. The largest absolute Gasteiger partial charge is 0.486 e. The molecule has 1 saturated carbocycles. The van der Waals surface area contributed by atoms with E-state index >= 15 is 0 Å². The van der Waals surface area contributed by atoms with Crippen LogP contribution in [0, 0.1) is 13.8 Å². The van der Waals surface area contributed by atoms with Gasteiger partial charge in [0.25, 0.3) is 0 Å². The molecule has 1 aliphatic heterocycles. The molecule has 0 atom stereocenters. The van der Waals surface area contributed by atoms with Gasteiger partial charge in [-0.05, 0) is 61.6 Å². The Morgan fingerprint density at radius 1 is 1.00 bits per heavy atom. The summed E-state index contributed by atoms with van der Waals surface area (Å²) in [4.78, 5) is 12.5. The first kappa shape index (κ1) is 15.8. The average Bonchev–Trinajstić information content (AvgIpc) is 3.38. The molecule has 0 radical (unpaired) electrons. The van der Waals surface area contributed by atoms with Gasteiger partial charge in [0, 0.05) is 5.69 Å². The van der Waals surface area contributed by atoms with Crippen LogP contribution in [0.3, 0.4) is 0 Å². The van der Waals surface area contributed by atoms with Gasteiger partial charge in [-0.3, -0.25) is 0 Å². The molecule has 25 heavy (non-hydrogen) atoms. The Hall–Kier alpha value is -2.69. The minimum Gasteiger partial charge on any atom is -0.486 e. The van der Waals surface area contributed by atoms with Crippen molar-refractivity contribution >= 4 is 11.7 Å². The van der Waals surface area contributed by atoms with Crippen molar-refractivity contribution in [1.82, 2.24) is 5.32 Å². The predicted molar refractivity (Wildman–Crippen MR) is 96.4 cm³/mol. The molecule has 1 fully saturated rings. The van der Waals surface area contributed by atoms with Gasteiger partial charge in [0.2, 0.25) is 0 Å². The van der Waals surface area contributed by atoms with Gasteiger partial charge in [-0.25, -0.2) is 4.79 Å². The standard InChI is InChI=1S/C20H22N2O3/c1-13-3-4-14(2)16(11-13)21-19(23)22-20(7-8-20)15-5-6-17-18(12-15)25-10-9-24-17/h3-6,11-12H,7-10H2,1-2H3,(H2,21,22,23). The molecule has 2 aromatic carbocycles. The van der Waals surface area contributed by atoms with E-state index in [4.69, 9.17) is 9.47 Å². The van der Waals surface area contributed by atoms with E-state index in [0.29, 0.717) is 13.2 Å². The van der Waals surface area contributed by atoms with Gasteiger partial charge in [-0.2, -0.15) is 0 Å². The SMILES string of the molecule is Cc1ccc(C)c(NC(=O)NC2(c3ccc4c(c3)OCCO4)CC2)c1. The van der Waals surface area contributed by atoms with Crippen LogP contribution in [0.5, 0.6) is 11.5 Å². The summed E-state index contributed by atoms with van der Waals surface area (Å²) in [7, 11) is 0. The van der Waals surface area contributed by atoms with Crippen LogP contribution in [0.1, 0.15) is 29.5 Å².